The van der Waals surface area contributed by atoms with Gasteiger partial charge >= 0.3 is 6.18 Å². The molecule has 0 aliphatic rings. The lowest BCUT2D eigenvalue weighted by atomic mass is 10.1. The summed E-state index contributed by atoms with van der Waals surface area (Å²) in [5.74, 6) is 0. The van der Waals surface area contributed by atoms with E-state index in [2.05, 4.69) is 4.72 Å². The van der Waals surface area contributed by atoms with Gasteiger partial charge in [-0.05, 0) is 31.0 Å². The van der Waals surface area contributed by atoms with Crippen molar-refractivity contribution in [2.75, 3.05) is 6.54 Å². The van der Waals surface area contributed by atoms with Crippen LogP contribution in [0.5, 0.6) is 0 Å². The number of sulfonamides is 1. The summed E-state index contributed by atoms with van der Waals surface area (Å²) in [6.45, 7) is 2.52. The topological polar surface area (TPSA) is 66.4 Å². The molecule has 0 heterocycles. The van der Waals surface area contributed by atoms with Crippen LogP contribution in [0.25, 0.3) is 0 Å². The third kappa shape index (κ3) is 3.94. The lowest BCUT2D eigenvalue weighted by Gasteiger charge is -2.15. The SMILES string of the molecule is CCC(O)CNS(=O)(=O)c1cccc(C(F)(F)F)c1C. The largest absolute Gasteiger partial charge is 0.416 e. The average molecular weight is 311 g/mol. The summed E-state index contributed by atoms with van der Waals surface area (Å²) in [6.07, 6.45) is -5.15. The van der Waals surface area contributed by atoms with Crippen molar-refractivity contribution < 1.29 is 26.7 Å². The van der Waals surface area contributed by atoms with Gasteiger partial charge in [0.05, 0.1) is 16.6 Å². The van der Waals surface area contributed by atoms with Gasteiger partial charge in [-0.25, -0.2) is 13.1 Å². The maximum atomic E-state index is 12.7. The monoisotopic (exact) mass is 311 g/mol. The van der Waals surface area contributed by atoms with Crippen LogP contribution in [0.3, 0.4) is 0 Å². The molecule has 20 heavy (non-hydrogen) atoms. The minimum atomic E-state index is -4.61. The van der Waals surface area contributed by atoms with E-state index in [1.807, 2.05) is 0 Å². The summed E-state index contributed by atoms with van der Waals surface area (Å²) in [7, 11) is -4.09. The van der Waals surface area contributed by atoms with Crippen LogP contribution in [0, 0.1) is 6.92 Å². The first-order valence-electron chi connectivity index (χ1n) is 5.94. The van der Waals surface area contributed by atoms with Crippen molar-refractivity contribution >= 4 is 10.0 Å². The molecule has 0 aliphatic heterocycles. The van der Waals surface area contributed by atoms with Crippen molar-refractivity contribution in [1.82, 2.24) is 4.72 Å². The minimum absolute atomic E-state index is 0.242. The van der Waals surface area contributed by atoms with Gasteiger partial charge in [0.25, 0.3) is 0 Å². The summed E-state index contributed by atoms with van der Waals surface area (Å²) >= 11 is 0. The predicted molar refractivity (Wildman–Crippen MR) is 67.7 cm³/mol. The standard InChI is InChI=1S/C12H16F3NO3S/c1-3-9(17)7-16-20(18,19)11-6-4-5-10(8(11)2)12(13,14)15/h4-6,9,16-17H,3,7H2,1-2H3. The Morgan fingerprint density at radius 2 is 1.95 bits per heavy atom. The molecule has 0 radical (unpaired) electrons. The normalized spacial score (nSPS) is 14.3. The molecule has 0 saturated carbocycles. The highest BCUT2D eigenvalue weighted by Gasteiger charge is 2.34. The van der Waals surface area contributed by atoms with Crippen molar-refractivity contribution in [3.63, 3.8) is 0 Å². The van der Waals surface area contributed by atoms with Gasteiger partial charge < -0.3 is 5.11 Å². The summed E-state index contributed by atoms with van der Waals surface area (Å²) in [6, 6.07) is 2.97. The van der Waals surface area contributed by atoms with E-state index in [-0.39, 0.29) is 12.1 Å². The van der Waals surface area contributed by atoms with Gasteiger partial charge in [-0.15, -0.1) is 0 Å². The molecule has 0 aliphatic carbocycles. The Balaban J connectivity index is 3.14. The van der Waals surface area contributed by atoms with Gasteiger partial charge in [-0.1, -0.05) is 13.0 Å². The van der Waals surface area contributed by atoms with E-state index in [0.29, 0.717) is 6.42 Å². The number of rotatable bonds is 5. The molecule has 114 valence electrons. The third-order valence-electron chi connectivity index (χ3n) is 2.86. The van der Waals surface area contributed by atoms with Crippen molar-refractivity contribution in [2.45, 2.75) is 37.4 Å². The zero-order chi connectivity index (χ0) is 15.6. The molecule has 1 unspecified atom stereocenters. The zero-order valence-corrected chi connectivity index (χ0v) is 11.8. The highest BCUT2D eigenvalue weighted by Crippen LogP contribution is 2.34. The van der Waals surface area contributed by atoms with Crippen LogP contribution in [0.2, 0.25) is 0 Å². The number of nitrogens with one attached hydrogen (secondary N) is 1. The molecule has 2 N–H and O–H groups in total. The molecular weight excluding hydrogens is 295 g/mol. The smallest absolute Gasteiger partial charge is 0.392 e. The molecule has 1 aromatic rings. The van der Waals surface area contributed by atoms with E-state index >= 15 is 0 Å². The summed E-state index contributed by atoms with van der Waals surface area (Å²) in [5.41, 5.74) is -1.35. The molecule has 0 fully saturated rings. The van der Waals surface area contributed by atoms with Crippen molar-refractivity contribution in [2.24, 2.45) is 0 Å². The van der Waals surface area contributed by atoms with Gasteiger partial charge in [-0.2, -0.15) is 13.2 Å². The van der Waals surface area contributed by atoms with Crippen molar-refractivity contribution in [3.05, 3.63) is 29.3 Å². The fraction of sp³-hybridized carbons (Fsp3) is 0.500. The number of benzene rings is 1. The van der Waals surface area contributed by atoms with Crippen molar-refractivity contribution in [1.29, 1.82) is 0 Å². The average Bonchev–Trinajstić information content (AvgIpc) is 2.34. The lowest BCUT2D eigenvalue weighted by Crippen LogP contribution is -2.32. The molecule has 1 aromatic carbocycles. The fourth-order valence-corrected chi connectivity index (χ4v) is 2.98. The molecular formula is C12H16F3NO3S. The van der Waals surface area contributed by atoms with Gasteiger partial charge in [0.15, 0.2) is 0 Å². The molecule has 4 nitrogen and oxygen atoms in total. The first kappa shape index (κ1) is 16.9. The van der Waals surface area contributed by atoms with Gasteiger partial charge in [-0.3, -0.25) is 0 Å². The summed E-state index contributed by atoms with van der Waals surface area (Å²) in [4.78, 5) is -0.435. The second-order valence-corrected chi connectivity index (χ2v) is 6.08. The number of aliphatic hydroxyl groups excluding tert-OH is 1. The molecule has 1 atom stereocenters. The number of alkyl halides is 3. The first-order valence-corrected chi connectivity index (χ1v) is 7.42. The predicted octanol–water partition coefficient (Wildman–Crippen LogP) is 2.06. The summed E-state index contributed by atoms with van der Waals surface area (Å²) in [5, 5.41) is 9.31. The number of hydrogen-bond donors (Lipinski definition) is 2. The Kier molecular flexibility index (Phi) is 5.17. The van der Waals surface area contributed by atoms with Gasteiger partial charge in [0, 0.05) is 6.54 Å². The Bertz CT molecular complexity index is 570. The van der Waals surface area contributed by atoms with Crippen LogP contribution >= 0.6 is 0 Å². The Morgan fingerprint density at radius 3 is 2.45 bits per heavy atom. The van der Waals surface area contributed by atoms with Crippen molar-refractivity contribution in [3.8, 4) is 0 Å². The van der Waals surface area contributed by atoms with Crippen LogP contribution in [-0.2, 0) is 16.2 Å². The van der Waals surface area contributed by atoms with Gasteiger partial charge in [0.2, 0.25) is 10.0 Å². The van der Waals surface area contributed by atoms with E-state index in [1.165, 1.54) is 0 Å². The van der Waals surface area contributed by atoms with Crippen LogP contribution in [0.15, 0.2) is 23.1 Å². The molecule has 8 heteroatoms. The minimum Gasteiger partial charge on any atom is -0.392 e. The molecule has 0 bridgehead atoms. The van der Waals surface area contributed by atoms with Crippen LogP contribution in [-0.4, -0.2) is 26.2 Å². The number of halogens is 3. The summed E-state index contributed by atoms with van der Waals surface area (Å²) < 4.78 is 64.2. The molecule has 1 rings (SSSR count). The third-order valence-corrected chi connectivity index (χ3v) is 4.43. The maximum Gasteiger partial charge on any atom is 0.416 e. The Morgan fingerprint density at radius 1 is 1.35 bits per heavy atom. The highest BCUT2D eigenvalue weighted by atomic mass is 32.2. The van der Waals surface area contributed by atoms with Crippen LogP contribution < -0.4 is 4.72 Å². The number of aliphatic hydroxyl groups is 1. The lowest BCUT2D eigenvalue weighted by molar-refractivity contribution is -0.138. The quantitative estimate of drug-likeness (QED) is 0.875. The van der Waals surface area contributed by atoms with E-state index in [1.54, 1.807) is 6.92 Å². The second-order valence-electron chi connectivity index (χ2n) is 4.34. The molecule has 0 amide bonds. The molecule has 0 saturated heterocycles. The Labute approximate surface area is 115 Å². The fourth-order valence-electron chi connectivity index (χ4n) is 1.64. The molecule has 0 spiro atoms. The molecule has 0 aromatic heterocycles. The van der Waals surface area contributed by atoms with Crippen LogP contribution in [0.4, 0.5) is 13.2 Å². The van der Waals surface area contributed by atoms with Crippen LogP contribution in [0.1, 0.15) is 24.5 Å². The van der Waals surface area contributed by atoms with E-state index < -0.39 is 32.8 Å². The first-order chi connectivity index (χ1) is 9.09. The number of hydrogen-bond acceptors (Lipinski definition) is 3. The van der Waals surface area contributed by atoms with E-state index in [9.17, 15) is 26.7 Å². The Hall–Kier alpha value is -1.12. The second kappa shape index (κ2) is 6.11. The van der Waals surface area contributed by atoms with E-state index in [0.717, 1.165) is 25.1 Å². The van der Waals surface area contributed by atoms with E-state index in [4.69, 9.17) is 0 Å². The zero-order valence-electron chi connectivity index (χ0n) is 11.0. The van der Waals surface area contributed by atoms with Gasteiger partial charge in [0.1, 0.15) is 0 Å². The highest BCUT2D eigenvalue weighted by molar-refractivity contribution is 7.89. The maximum absolute atomic E-state index is 12.7.